The molecule has 0 amide bonds. The maximum Gasteiger partial charge on any atom is 0.208 e. The largest absolute Gasteiger partial charge is 0.295 e. The topological polar surface area (TPSA) is 95.6 Å². The molecule has 1 unspecified atom stereocenters. The molecule has 0 N–H and O–H groups in total. The lowest BCUT2D eigenvalue weighted by atomic mass is 10.1. The summed E-state index contributed by atoms with van der Waals surface area (Å²) in [6.07, 6.45) is 4.41. The Kier molecular flexibility index (Phi) is 3.80. The minimum atomic E-state index is -0.511. The summed E-state index contributed by atoms with van der Waals surface area (Å²) in [5.41, 5.74) is 1.57. The molecule has 2 heterocycles. The zero-order chi connectivity index (χ0) is 16.4. The van der Waals surface area contributed by atoms with E-state index in [1.54, 1.807) is 37.4 Å². The number of ketones is 2. The van der Waals surface area contributed by atoms with E-state index in [-0.39, 0.29) is 17.3 Å². The highest BCUT2D eigenvalue weighted by Crippen LogP contribution is 2.13. The Hall–Kier alpha value is -3.16. The Morgan fingerprint density at radius 1 is 1.17 bits per heavy atom. The van der Waals surface area contributed by atoms with Gasteiger partial charge < -0.3 is 0 Å². The van der Waals surface area contributed by atoms with Crippen LogP contribution >= 0.6 is 0 Å². The summed E-state index contributed by atoms with van der Waals surface area (Å²) in [7, 11) is 0. The number of Topliss-reactive ketones (excluding diaryl/α,β-unsaturated/α-hetero) is 2. The summed E-state index contributed by atoms with van der Waals surface area (Å²) in [6.45, 7) is 3.23. The van der Waals surface area contributed by atoms with Gasteiger partial charge in [-0.05, 0) is 38.1 Å². The van der Waals surface area contributed by atoms with Crippen LogP contribution in [0.25, 0.3) is 5.69 Å². The molecule has 3 rings (SSSR count). The molecule has 1 aromatic carbocycles. The first-order chi connectivity index (χ1) is 11.1. The molecule has 0 radical (unpaired) electrons. The van der Waals surface area contributed by atoms with Crippen molar-refractivity contribution in [3.05, 3.63) is 54.4 Å². The summed E-state index contributed by atoms with van der Waals surface area (Å²) in [5, 5.41) is 11.8. The van der Waals surface area contributed by atoms with Crippen molar-refractivity contribution in [3.8, 4) is 5.69 Å². The minimum Gasteiger partial charge on any atom is -0.295 e. The predicted molar refractivity (Wildman–Crippen MR) is 80.4 cm³/mol. The van der Waals surface area contributed by atoms with Gasteiger partial charge in [-0.15, -0.1) is 5.10 Å². The van der Waals surface area contributed by atoms with Crippen molar-refractivity contribution >= 4 is 11.6 Å². The van der Waals surface area contributed by atoms with Crippen molar-refractivity contribution in [1.29, 1.82) is 0 Å². The molecule has 0 aliphatic heterocycles. The first-order valence-electron chi connectivity index (χ1n) is 6.98. The smallest absolute Gasteiger partial charge is 0.208 e. The van der Waals surface area contributed by atoms with E-state index in [2.05, 4.69) is 20.4 Å². The van der Waals surface area contributed by atoms with Crippen molar-refractivity contribution in [2.24, 2.45) is 0 Å². The van der Waals surface area contributed by atoms with Crippen LogP contribution in [0, 0.1) is 0 Å². The number of benzene rings is 1. The van der Waals surface area contributed by atoms with E-state index in [9.17, 15) is 9.59 Å². The highest BCUT2D eigenvalue weighted by Gasteiger charge is 2.21. The Morgan fingerprint density at radius 3 is 2.52 bits per heavy atom. The van der Waals surface area contributed by atoms with E-state index < -0.39 is 6.04 Å². The monoisotopic (exact) mass is 310 g/mol. The molecule has 0 aliphatic carbocycles. The van der Waals surface area contributed by atoms with Gasteiger partial charge in [0.15, 0.2) is 11.5 Å². The standard InChI is InChI=1S/C15H14N6O2/c1-10(21-9-16-8-17-21)15(23)14-7-20(19-18-14)13-5-3-12(4-6-13)11(2)22/h3-10H,1-2H3. The molecule has 2 aromatic heterocycles. The van der Waals surface area contributed by atoms with Crippen molar-refractivity contribution in [1.82, 2.24) is 29.8 Å². The fraction of sp³-hybridized carbons (Fsp3) is 0.200. The van der Waals surface area contributed by atoms with Crippen LogP contribution in [0.1, 0.15) is 40.7 Å². The zero-order valence-corrected chi connectivity index (χ0v) is 12.6. The van der Waals surface area contributed by atoms with Crippen molar-refractivity contribution in [2.75, 3.05) is 0 Å². The van der Waals surface area contributed by atoms with Crippen LogP contribution in [-0.4, -0.2) is 41.3 Å². The van der Waals surface area contributed by atoms with E-state index in [4.69, 9.17) is 0 Å². The molecule has 0 saturated heterocycles. The fourth-order valence-electron chi connectivity index (χ4n) is 2.10. The lowest BCUT2D eigenvalue weighted by Crippen LogP contribution is -2.17. The maximum absolute atomic E-state index is 12.4. The van der Waals surface area contributed by atoms with Gasteiger partial charge in [0.1, 0.15) is 18.7 Å². The van der Waals surface area contributed by atoms with Gasteiger partial charge in [0.2, 0.25) is 5.78 Å². The van der Waals surface area contributed by atoms with Crippen LogP contribution in [0.3, 0.4) is 0 Å². The Morgan fingerprint density at radius 2 is 1.91 bits per heavy atom. The van der Waals surface area contributed by atoms with E-state index in [0.29, 0.717) is 5.56 Å². The molecule has 23 heavy (non-hydrogen) atoms. The molecule has 3 aromatic rings. The third-order valence-corrected chi connectivity index (χ3v) is 3.50. The number of rotatable bonds is 5. The zero-order valence-electron chi connectivity index (χ0n) is 12.6. The lowest BCUT2D eigenvalue weighted by Gasteiger charge is -2.07. The van der Waals surface area contributed by atoms with Gasteiger partial charge in [-0.1, -0.05) is 5.21 Å². The van der Waals surface area contributed by atoms with Crippen molar-refractivity contribution in [3.63, 3.8) is 0 Å². The molecule has 0 spiro atoms. The number of hydrogen-bond acceptors (Lipinski definition) is 6. The average Bonchev–Trinajstić information content (AvgIpc) is 3.25. The predicted octanol–water partition coefficient (Wildman–Crippen LogP) is 1.51. The van der Waals surface area contributed by atoms with Gasteiger partial charge in [0.05, 0.1) is 11.9 Å². The van der Waals surface area contributed by atoms with Crippen LogP contribution in [0.15, 0.2) is 43.1 Å². The number of carbonyl (C=O) groups excluding carboxylic acids is 2. The van der Waals surface area contributed by atoms with Crippen LogP contribution in [0.4, 0.5) is 0 Å². The molecule has 8 nitrogen and oxygen atoms in total. The number of carbonyl (C=O) groups is 2. The second-order valence-corrected chi connectivity index (χ2v) is 5.07. The Bertz CT molecular complexity index is 835. The van der Waals surface area contributed by atoms with E-state index in [1.807, 2.05) is 0 Å². The maximum atomic E-state index is 12.4. The van der Waals surface area contributed by atoms with Crippen LogP contribution in [0.2, 0.25) is 0 Å². The lowest BCUT2D eigenvalue weighted by molar-refractivity contribution is 0.0922. The molecule has 8 heteroatoms. The number of hydrogen-bond donors (Lipinski definition) is 0. The van der Waals surface area contributed by atoms with Gasteiger partial charge in [0, 0.05) is 5.56 Å². The average molecular weight is 310 g/mol. The van der Waals surface area contributed by atoms with E-state index >= 15 is 0 Å². The van der Waals surface area contributed by atoms with Crippen molar-refractivity contribution in [2.45, 2.75) is 19.9 Å². The summed E-state index contributed by atoms with van der Waals surface area (Å²) in [6, 6.07) is 6.40. The van der Waals surface area contributed by atoms with Crippen molar-refractivity contribution < 1.29 is 9.59 Å². The first-order valence-corrected chi connectivity index (χ1v) is 6.98. The molecular formula is C15H14N6O2. The summed E-state index contributed by atoms with van der Waals surface area (Å²) in [4.78, 5) is 27.5. The normalized spacial score (nSPS) is 12.1. The highest BCUT2D eigenvalue weighted by molar-refractivity contribution is 5.96. The van der Waals surface area contributed by atoms with Gasteiger partial charge >= 0.3 is 0 Å². The number of nitrogens with zero attached hydrogens (tertiary/aromatic N) is 6. The molecule has 0 aliphatic rings. The SMILES string of the molecule is CC(=O)c1ccc(-n2cc(C(=O)C(C)n3cncn3)nn2)cc1. The third-order valence-electron chi connectivity index (χ3n) is 3.50. The quantitative estimate of drug-likeness (QED) is 0.663. The van der Waals surface area contributed by atoms with Gasteiger partial charge in [-0.25, -0.2) is 14.3 Å². The molecule has 1 atom stereocenters. The molecule has 0 saturated carbocycles. The highest BCUT2D eigenvalue weighted by atomic mass is 16.1. The molecule has 0 fully saturated rings. The van der Waals surface area contributed by atoms with Crippen LogP contribution < -0.4 is 0 Å². The Labute approximate surface area is 131 Å². The van der Waals surface area contributed by atoms with Crippen LogP contribution in [-0.2, 0) is 0 Å². The molecule has 0 bridgehead atoms. The fourth-order valence-corrected chi connectivity index (χ4v) is 2.10. The molecular weight excluding hydrogens is 296 g/mol. The summed E-state index contributed by atoms with van der Waals surface area (Å²) in [5.74, 6) is -0.213. The van der Waals surface area contributed by atoms with E-state index in [1.165, 1.54) is 28.9 Å². The Balaban J connectivity index is 1.82. The van der Waals surface area contributed by atoms with Gasteiger partial charge in [-0.2, -0.15) is 5.10 Å². The van der Waals surface area contributed by atoms with Crippen LogP contribution in [0.5, 0.6) is 0 Å². The number of aromatic nitrogens is 6. The summed E-state index contributed by atoms with van der Waals surface area (Å²) >= 11 is 0. The third kappa shape index (κ3) is 2.91. The second-order valence-electron chi connectivity index (χ2n) is 5.07. The first kappa shape index (κ1) is 14.8. The van der Waals surface area contributed by atoms with Gasteiger partial charge in [-0.3, -0.25) is 9.59 Å². The molecule has 116 valence electrons. The van der Waals surface area contributed by atoms with Gasteiger partial charge in [0.25, 0.3) is 0 Å². The summed E-state index contributed by atoms with van der Waals surface area (Å²) < 4.78 is 2.95. The minimum absolute atomic E-state index is 0.00679. The second kappa shape index (κ2) is 5.91. The van der Waals surface area contributed by atoms with E-state index in [0.717, 1.165) is 5.69 Å².